The van der Waals surface area contributed by atoms with Crippen LogP contribution in [0.4, 0.5) is 10.1 Å². The zero-order chi connectivity index (χ0) is 22.6. The number of hydrogen-bond donors (Lipinski definition) is 2. The van der Waals surface area contributed by atoms with Crippen LogP contribution >= 0.6 is 12.4 Å². The molecule has 32 heavy (non-hydrogen) atoms. The van der Waals surface area contributed by atoms with Crippen molar-refractivity contribution in [2.24, 2.45) is 0 Å². The van der Waals surface area contributed by atoms with Crippen LogP contribution in [-0.4, -0.2) is 33.6 Å². The first-order valence-electron chi connectivity index (χ1n) is 9.65. The highest BCUT2D eigenvalue weighted by molar-refractivity contribution is 7.92. The number of rotatable bonds is 9. The van der Waals surface area contributed by atoms with Gasteiger partial charge in [0.05, 0.1) is 16.3 Å². The number of benzene rings is 2. The number of sulfonamides is 1. The van der Waals surface area contributed by atoms with E-state index in [1.165, 1.54) is 48.7 Å². The molecule has 0 fully saturated rings. The van der Waals surface area contributed by atoms with Gasteiger partial charge in [0, 0.05) is 24.0 Å². The van der Waals surface area contributed by atoms with Crippen molar-refractivity contribution in [1.29, 1.82) is 0 Å². The van der Waals surface area contributed by atoms with Crippen LogP contribution < -0.4 is 10.0 Å². The van der Waals surface area contributed by atoms with Crippen LogP contribution in [-0.2, 0) is 26.6 Å². The summed E-state index contributed by atoms with van der Waals surface area (Å²) < 4.78 is 68.9. The number of hydrogen-bond acceptors (Lipinski definition) is 5. The minimum atomic E-state index is -4.13. The molecule has 2 aromatic carbocycles. The quantitative estimate of drug-likeness (QED) is 0.464. The van der Waals surface area contributed by atoms with Crippen LogP contribution in [0.3, 0.4) is 0 Å². The Labute approximate surface area is 194 Å². The summed E-state index contributed by atoms with van der Waals surface area (Å²) in [5.74, 6) is -0.624. The first kappa shape index (κ1) is 25.9. The lowest BCUT2D eigenvalue weighted by Gasteiger charge is -2.13. The third kappa shape index (κ3) is 5.69. The first-order chi connectivity index (χ1) is 14.7. The summed E-state index contributed by atoms with van der Waals surface area (Å²) in [5, 5.41) is 2.95. The summed E-state index contributed by atoms with van der Waals surface area (Å²) in [7, 11) is -5.99. The van der Waals surface area contributed by atoms with Gasteiger partial charge in [-0.2, -0.15) is 0 Å². The van der Waals surface area contributed by atoms with Crippen molar-refractivity contribution in [3.63, 3.8) is 0 Å². The monoisotopic (exact) mass is 501 g/mol. The largest absolute Gasteiger partial charge is 0.316 e. The van der Waals surface area contributed by atoms with E-state index in [4.69, 9.17) is 0 Å². The molecule has 0 bridgehead atoms. The number of nitrogens with one attached hydrogen (secondary N) is 2. The molecule has 0 unspecified atom stereocenters. The molecule has 11 heteroatoms. The average Bonchev–Trinajstić information content (AvgIpc) is 3.13. The lowest BCUT2D eigenvalue weighted by atomic mass is 10.1. The SMILES string of the molecule is CCCS(=O)(=O)Nc1cccc(S(=O)(=O)n2cc(CNC)cc2-c2ccccc2F)c1.Cl. The third-order valence-electron chi connectivity index (χ3n) is 4.51. The van der Waals surface area contributed by atoms with E-state index in [9.17, 15) is 21.2 Å². The Morgan fingerprint density at radius 3 is 2.38 bits per heavy atom. The molecular formula is C21H25ClFN3O4S2. The van der Waals surface area contributed by atoms with E-state index in [1.54, 1.807) is 26.1 Å². The van der Waals surface area contributed by atoms with Crippen molar-refractivity contribution in [2.45, 2.75) is 24.8 Å². The topological polar surface area (TPSA) is 97.3 Å². The molecule has 0 radical (unpaired) electrons. The molecule has 0 saturated carbocycles. The van der Waals surface area contributed by atoms with E-state index >= 15 is 0 Å². The molecule has 1 aromatic heterocycles. The van der Waals surface area contributed by atoms with Crippen molar-refractivity contribution in [2.75, 3.05) is 17.5 Å². The fourth-order valence-corrected chi connectivity index (χ4v) is 5.76. The summed E-state index contributed by atoms with van der Waals surface area (Å²) in [6, 6.07) is 13.1. The van der Waals surface area contributed by atoms with Crippen molar-refractivity contribution in [3.8, 4) is 11.3 Å². The fraction of sp³-hybridized carbons (Fsp3) is 0.238. The maximum atomic E-state index is 14.5. The van der Waals surface area contributed by atoms with E-state index in [-0.39, 0.29) is 40.0 Å². The van der Waals surface area contributed by atoms with Crippen molar-refractivity contribution in [1.82, 2.24) is 9.29 Å². The van der Waals surface area contributed by atoms with Gasteiger partial charge in [0.25, 0.3) is 10.0 Å². The van der Waals surface area contributed by atoms with Gasteiger partial charge in [0.1, 0.15) is 5.82 Å². The molecule has 0 spiro atoms. The Balaban J connectivity index is 0.00000363. The molecule has 0 aliphatic heterocycles. The van der Waals surface area contributed by atoms with Gasteiger partial charge in [-0.15, -0.1) is 12.4 Å². The van der Waals surface area contributed by atoms with Crippen LogP contribution in [0, 0.1) is 5.82 Å². The van der Waals surface area contributed by atoms with Gasteiger partial charge in [-0.3, -0.25) is 4.72 Å². The number of halogens is 2. The molecule has 0 aliphatic carbocycles. The molecule has 0 amide bonds. The van der Waals surface area contributed by atoms with Crippen molar-refractivity contribution in [3.05, 3.63) is 72.2 Å². The summed E-state index contributed by atoms with van der Waals surface area (Å²) >= 11 is 0. The second kappa shape index (κ2) is 10.5. The predicted octanol–water partition coefficient (Wildman–Crippen LogP) is 3.82. The zero-order valence-electron chi connectivity index (χ0n) is 17.6. The molecule has 0 saturated heterocycles. The molecule has 3 aromatic rings. The van der Waals surface area contributed by atoms with E-state index < -0.39 is 25.9 Å². The summed E-state index contributed by atoms with van der Waals surface area (Å²) in [5.41, 5.74) is 1.13. The summed E-state index contributed by atoms with van der Waals surface area (Å²) in [4.78, 5) is -0.117. The van der Waals surface area contributed by atoms with Crippen LogP contribution in [0.2, 0.25) is 0 Å². The molecule has 1 heterocycles. The minimum absolute atomic E-state index is 0. The van der Waals surface area contributed by atoms with Gasteiger partial charge in [-0.25, -0.2) is 25.2 Å². The Morgan fingerprint density at radius 1 is 1.00 bits per heavy atom. The molecular weight excluding hydrogens is 477 g/mol. The van der Waals surface area contributed by atoms with Crippen LogP contribution in [0.25, 0.3) is 11.3 Å². The summed E-state index contributed by atoms with van der Waals surface area (Å²) in [6.45, 7) is 2.12. The van der Waals surface area contributed by atoms with Crippen LogP contribution in [0.5, 0.6) is 0 Å². The first-order valence-corrected chi connectivity index (χ1v) is 12.7. The van der Waals surface area contributed by atoms with Gasteiger partial charge < -0.3 is 5.32 Å². The number of anilines is 1. The van der Waals surface area contributed by atoms with E-state index in [0.29, 0.717) is 18.5 Å². The smallest absolute Gasteiger partial charge is 0.268 e. The Morgan fingerprint density at radius 2 is 1.72 bits per heavy atom. The van der Waals surface area contributed by atoms with Gasteiger partial charge in [0.2, 0.25) is 10.0 Å². The lowest BCUT2D eigenvalue weighted by Crippen LogP contribution is -2.17. The van der Waals surface area contributed by atoms with Crippen molar-refractivity contribution < 1.29 is 21.2 Å². The molecule has 7 nitrogen and oxygen atoms in total. The lowest BCUT2D eigenvalue weighted by molar-refractivity contribution is 0.587. The Bertz CT molecular complexity index is 1290. The molecule has 2 N–H and O–H groups in total. The number of aromatic nitrogens is 1. The molecule has 3 rings (SSSR count). The van der Waals surface area contributed by atoms with E-state index in [1.807, 2.05) is 0 Å². The van der Waals surface area contributed by atoms with Gasteiger partial charge in [-0.05, 0) is 55.4 Å². The van der Waals surface area contributed by atoms with Crippen LogP contribution in [0.15, 0.2) is 65.7 Å². The average molecular weight is 502 g/mol. The van der Waals surface area contributed by atoms with E-state index in [2.05, 4.69) is 10.0 Å². The molecule has 174 valence electrons. The second-order valence-corrected chi connectivity index (χ2v) is 10.7. The van der Waals surface area contributed by atoms with Crippen LogP contribution in [0.1, 0.15) is 18.9 Å². The normalized spacial score (nSPS) is 11.7. The summed E-state index contributed by atoms with van der Waals surface area (Å²) in [6.07, 6.45) is 1.86. The zero-order valence-corrected chi connectivity index (χ0v) is 20.0. The highest BCUT2D eigenvalue weighted by Gasteiger charge is 2.24. The van der Waals surface area contributed by atoms with Crippen molar-refractivity contribution >= 4 is 38.1 Å². The fourth-order valence-electron chi connectivity index (χ4n) is 3.19. The highest BCUT2D eigenvalue weighted by atomic mass is 35.5. The molecule has 0 atom stereocenters. The maximum Gasteiger partial charge on any atom is 0.268 e. The third-order valence-corrected chi connectivity index (χ3v) is 7.67. The van der Waals surface area contributed by atoms with Gasteiger partial charge >= 0.3 is 0 Å². The number of nitrogens with zero attached hydrogens (tertiary/aromatic N) is 1. The Hall–Kier alpha value is -2.40. The van der Waals surface area contributed by atoms with Gasteiger partial charge in [-0.1, -0.05) is 25.1 Å². The Kier molecular flexibility index (Phi) is 8.47. The minimum Gasteiger partial charge on any atom is -0.316 e. The second-order valence-electron chi connectivity index (χ2n) is 6.99. The van der Waals surface area contributed by atoms with Gasteiger partial charge in [0.15, 0.2) is 0 Å². The standard InChI is InChI=1S/C21H24FN3O4S2.ClH/c1-3-11-30(26,27)24-17-7-6-8-18(13-17)31(28,29)25-15-16(14-23-2)12-21(25)19-9-4-5-10-20(19)22;/h4-10,12-13,15,23-24H,3,11,14H2,1-2H3;1H. The van der Waals surface area contributed by atoms with E-state index in [0.717, 1.165) is 3.97 Å². The maximum absolute atomic E-state index is 14.5. The highest BCUT2D eigenvalue weighted by Crippen LogP contribution is 2.30. The molecule has 0 aliphatic rings. The predicted molar refractivity (Wildman–Crippen MR) is 127 cm³/mol.